The molecule has 0 bridgehead atoms. The lowest BCUT2D eigenvalue weighted by Crippen LogP contribution is -2.20. The van der Waals surface area contributed by atoms with Crippen molar-refractivity contribution < 1.29 is 23.1 Å². The van der Waals surface area contributed by atoms with Gasteiger partial charge in [0.25, 0.3) is 5.91 Å². The zero-order valence-electron chi connectivity index (χ0n) is 12.2. The summed E-state index contributed by atoms with van der Waals surface area (Å²) in [6, 6.07) is 9.42. The molecule has 0 spiro atoms. The highest BCUT2D eigenvalue weighted by atomic mass is 19.1. The van der Waals surface area contributed by atoms with Gasteiger partial charge in [0.2, 0.25) is 5.91 Å². The normalized spacial score (nSPS) is 10.0. The third-order valence-corrected chi connectivity index (χ3v) is 2.76. The first-order chi connectivity index (χ1) is 11.0. The van der Waals surface area contributed by atoms with E-state index >= 15 is 0 Å². The summed E-state index contributed by atoms with van der Waals surface area (Å²) < 4.78 is 31.9. The minimum Gasteiger partial charge on any atom is -0.481 e. The molecule has 0 unspecified atom stereocenters. The third-order valence-electron chi connectivity index (χ3n) is 2.76. The van der Waals surface area contributed by atoms with Gasteiger partial charge in [0, 0.05) is 12.6 Å². The molecule has 0 aliphatic carbocycles. The fourth-order valence-electron chi connectivity index (χ4n) is 1.79. The van der Waals surface area contributed by atoms with Crippen LogP contribution in [0.25, 0.3) is 0 Å². The quantitative estimate of drug-likeness (QED) is 0.890. The van der Waals surface area contributed by atoms with Gasteiger partial charge in [-0.25, -0.2) is 8.78 Å². The Morgan fingerprint density at radius 3 is 2.48 bits per heavy atom. The van der Waals surface area contributed by atoms with Gasteiger partial charge in [-0.2, -0.15) is 0 Å². The summed E-state index contributed by atoms with van der Waals surface area (Å²) in [5.74, 6) is -2.22. The van der Waals surface area contributed by atoms with Gasteiger partial charge in [-0.05, 0) is 30.3 Å². The molecule has 0 saturated carbocycles. The van der Waals surface area contributed by atoms with Crippen LogP contribution >= 0.6 is 0 Å². The van der Waals surface area contributed by atoms with Crippen LogP contribution in [0.15, 0.2) is 42.5 Å². The topological polar surface area (TPSA) is 67.4 Å². The van der Waals surface area contributed by atoms with E-state index in [4.69, 9.17) is 4.74 Å². The number of halogens is 2. The summed E-state index contributed by atoms with van der Waals surface area (Å²) in [6.07, 6.45) is 0. The maximum absolute atomic E-state index is 13.5. The highest BCUT2D eigenvalue weighted by Crippen LogP contribution is 2.20. The van der Waals surface area contributed by atoms with Gasteiger partial charge in [-0.3, -0.25) is 9.59 Å². The number of ether oxygens (including phenoxy) is 1. The molecule has 0 saturated heterocycles. The molecule has 2 aromatic carbocycles. The zero-order valence-corrected chi connectivity index (χ0v) is 12.2. The molecule has 0 aliphatic rings. The molecule has 120 valence electrons. The van der Waals surface area contributed by atoms with E-state index in [1.165, 1.54) is 37.3 Å². The number of nitrogens with one attached hydrogen (secondary N) is 2. The van der Waals surface area contributed by atoms with E-state index in [2.05, 4.69) is 10.6 Å². The zero-order chi connectivity index (χ0) is 16.8. The van der Waals surface area contributed by atoms with Crippen LogP contribution in [0, 0.1) is 11.6 Å². The molecule has 0 heterocycles. The maximum atomic E-state index is 13.5. The number of para-hydroxylation sites is 1. The first-order valence-corrected chi connectivity index (χ1v) is 6.70. The summed E-state index contributed by atoms with van der Waals surface area (Å²) in [6.45, 7) is 0.834. The molecule has 0 atom stereocenters. The van der Waals surface area contributed by atoms with Crippen LogP contribution in [-0.2, 0) is 9.59 Å². The van der Waals surface area contributed by atoms with Gasteiger partial charge in [-0.1, -0.05) is 12.1 Å². The molecule has 2 N–H and O–H groups in total. The predicted octanol–water partition coefficient (Wildman–Crippen LogP) is 2.94. The summed E-state index contributed by atoms with van der Waals surface area (Å²) in [5, 5.41) is 4.77. The molecule has 2 aromatic rings. The van der Waals surface area contributed by atoms with E-state index in [1.807, 2.05) is 0 Å². The summed E-state index contributed by atoms with van der Waals surface area (Å²) in [4.78, 5) is 22.7. The highest BCUT2D eigenvalue weighted by molar-refractivity contribution is 5.94. The van der Waals surface area contributed by atoms with Crippen molar-refractivity contribution in [3.63, 3.8) is 0 Å². The monoisotopic (exact) mass is 320 g/mol. The summed E-state index contributed by atoms with van der Waals surface area (Å²) in [5.41, 5.74) is 0.225. The van der Waals surface area contributed by atoms with Crippen molar-refractivity contribution in [2.24, 2.45) is 0 Å². The molecule has 2 rings (SSSR count). The number of anilines is 2. The molecule has 0 aliphatic heterocycles. The van der Waals surface area contributed by atoms with Gasteiger partial charge in [-0.15, -0.1) is 0 Å². The molecular formula is C16H14F2N2O3. The first kappa shape index (κ1) is 16.4. The van der Waals surface area contributed by atoms with Crippen LogP contribution < -0.4 is 15.4 Å². The third kappa shape index (κ3) is 4.77. The highest BCUT2D eigenvalue weighted by Gasteiger charge is 2.09. The van der Waals surface area contributed by atoms with Crippen molar-refractivity contribution in [3.8, 4) is 5.75 Å². The van der Waals surface area contributed by atoms with Crippen LogP contribution in [0.5, 0.6) is 5.75 Å². The molecule has 2 amide bonds. The second-order valence-corrected chi connectivity index (χ2v) is 4.64. The number of amides is 2. The van der Waals surface area contributed by atoms with Crippen LogP contribution in [0.2, 0.25) is 0 Å². The molecule has 23 heavy (non-hydrogen) atoms. The van der Waals surface area contributed by atoms with Crippen molar-refractivity contribution in [2.75, 3.05) is 17.2 Å². The lowest BCUT2D eigenvalue weighted by molar-refractivity contribution is -0.118. The Morgan fingerprint density at radius 2 is 1.78 bits per heavy atom. The van der Waals surface area contributed by atoms with Crippen molar-refractivity contribution in [1.82, 2.24) is 0 Å². The van der Waals surface area contributed by atoms with E-state index in [0.717, 1.165) is 6.07 Å². The fourth-order valence-corrected chi connectivity index (χ4v) is 1.79. The molecule has 0 radical (unpaired) electrons. The maximum Gasteiger partial charge on any atom is 0.262 e. The average molecular weight is 320 g/mol. The van der Waals surface area contributed by atoms with E-state index in [1.54, 1.807) is 6.07 Å². The largest absolute Gasteiger partial charge is 0.481 e. The number of hydrogen-bond donors (Lipinski definition) is 2. The Hall–Kier alpha value is -2.96. The van der Waals surface area contributed by atoms with E-state index in [9.17, 15) is 18.4 Å². The van der Waals surface area contributed by atoms with E-state index in [0.29, 0.717) is 0 Å². The van der Waals surface area contributed by atoms with Crippen molar-refractivity contribution in [2.45, 2.75) is 6.92 Å². The van der Waals surface area contributed by atoms with Gasteiger partial charge in [0.05, 0.1) is 5.69 Å². The predicted molar refractivity (Wildman–Crippen MR) is 81.2 cm³/mol. The van der Waals surface area contributed by atoms with E-state index in [-0.39, 0.29) is 17.1 Å². The van der Waals surface area contributed by atoms with Crippen LogP contribution in [0.4, 0.5) is 20.2 Å². The van der Waals surface area contributed by atoms with Crippen molar-refractivity contribution in [3.05, 3.63) is 54.1 Å². The van der Waals surface area contributed by atoms with Crippen molar-refractivity contribution >= 4 is 23.2 Å². The standard InChI is InChI=1S/C16H14F2N2O3/c1-10(21)19-14-8-11(6-7-12(14)17)20-16(22)9-23-15-5-3-2-4-13(15)18/h2-8H,9H2,1H3,(H,19,21)(H,20,22). The summed E-state index contributed by atoms with van der Waals surface area (Å²) in [7, 11) is 0. The summed E-state index contributed by atoms with van der Waals surface area (Å²) >= 11 is 0. The van der Waals surface area contributed by atoms with Gasteiger partial charge in [0.1, 0.15) is 5.82 Å². The molecule has 7 heteroatoms. The average Bonchev–Trinajstić information content (AvgIpc) is 2.49. The van der Waals surface area contributed by atoms with Gasteiger partial charge >= 0.3 is 0 Å². The minimum absolute atomic E-state index is 0.0410. The number of carbonyl (C=O) groups excluding carboxylic acids is 2. The molecule has 0 fully saturated rings. The molecule has 0 aromatic heterocycles. The smallest absolute Gasteiger partial charge is 0.262 e. The number of hydrogen-bond acceptors (Lipinski definition) is 3. The lowest BCUT2D eigenvalue weighted by Gasteiger charge is -2.10. The van der Waals surface area contributed by atoms with Crippen molar-refractivity contribution in [1.29, 1.82) is 0 Å². The molecular weight excluding hydrogens is 306 g/mol. The Balaban J connectivity index is 1.97. The number of rotatable bonds is 5. The number of benzene rings is 2. The van der Waals surface area contributed by atoms with Gasteiger partial charge in [0.15, 0.2) is 18.2 Å². The van der Waals surface area contributed by atoms with Crippen LogP contribution in [-0.4, -0.2) is 18.4 Å². The van der Waals surface area contributed by atoms with E-state index < -0.39 is 30.1 Å². The fraction of sp³-hybridized carbons (Fsp3) is 0.125. The second kappa shape index (κ2) is 7.35. The Labute approximate surface area is 131 Å². The van der Waals surface area contributed by atoms with Crippen LogP contribution in [0.1, 0.15) is 6.92 Å². The minimum atomic E-state index is -0.624. The Bertz CT molecular complexity index is 735. The first-order valence-electron chi connectivity index (χ1n) is 6.70. The second-order valence-electron chi connectivity index (χ2n) is 4.64. The Morgan fingerprint density at radius 1 is 1.04 bits per heavy atom. The SMILES string of the molecule is CC(=O)Nc1cc(NC(=O)COc2ccccc2F)ccc1F. The van der Waals surface area contributed by atoms with Gasteiger partial charge < -0.3 is 15.4 Å². The van der Waals surface area contributed by atoms with Crippen LogP contribution in [0.3, 0.4) is 0 Å². The molecule has 5 nitrogen and oxygen atoms in total. The number of carbonyl (C=O) groups is 2. The lowest BCUT2D eigenvalue weighted by atomic mass is 10.2. The Kier molecular flexibility index (Phi) is 5.24.